The number of amides is 5. The van der Waals surface area contributed by atoms with Crippen molar-refractivity contribution in [3.63, 3.8) is 0 Å². The maximum absolute atomic E-state index is 13.3. The number of nitrogens with zero attached hydrogens (tertiary/aromatic N) is 1. The highest BCUT2D eigenvalue weighted by molar-refractivity contribution is 5.97. The Balaban J connectivity index is 1.42. The summed E-state index contributed by atoms with van der Waals surface area (Å²) in [7, 11) is 0. The van der Waals surface area contributed by atoms with Gasteiger partial charge in [-0.3, -0.25) is 24.0 Å². The summed E-state index contributed by atoms with van der Waals surface area (Å²) in [4.78, 5) is 63.4. The summed E-state index contributed by atoms with van der Waals surface area (Å²) in [5.41, 5.74) is 6.29. The lowest BCUT2D eigenvalue weighted by Gasteiger charge is -2.29. The highest BCUT2D eigenvalue weighted by Gasteiger charge is 2.39. The standard InChI is InChI=1S/C25H29N5O5/c26-21(31)13-19(29-23(33)18-10-11-22(32)28-18)25(35)30-12-4-9-20(30)24(34)27-14-16-7-3-6-15-5-1-2-8-17(15)16/h1-3,5-8,18-20H,4,9-14H2,(H2,26,31)(H,27,34)(H,28,32)(H,29,33). The minimum atomic E-state index is -1.20. The molecule has 5 amide bonds. The number of rotatable bonds is 8. The predicted octanol–water partition coefficient (Wildman–Crippen LogP) is 0.0858. The zero-order valence-corrected chi connectivity index (χ0v) is 19.3. The zero-order valence-electron chi connectivity index (χ0n) is 19.3. The van der Waals surface area contributed by atoms with Crippen LogP contribution < -0.4 is 21.7 Å². The molecule has 2 aliphatic heterocycles. The molecule has 4 rings (SSSR count). The molecular formula is C25H29N5O5. The van der Waals surface area contributed by atoms with Crippen LogP contribution in [0.5, 0.6) is 0 Å². The van der Waals surface area contributed by atoms with Crippen molar-refractivity contribution in [3.8, 4) is 0 Å². The van der Waals surface area contributed by atoms with E-state index in [0.29, 0.717) is 32.4 Å². The molecule has 2 aromatic rings. The molecule has 0 radical (unpaired) electrons. The number of fused-ring (bicyclic) bond motifs is 1. The topological polar surface area (TPSA) is 151 Å². The van der Waals surface area contributed by atoms with Crippen LogP contribution in [0.4, 0.5) is 0 Å². The number of hydrogen-bond donors (Lipinski definition) is 4. The van der Waals surface area contributed by atoms with Crippen LogP contribution >= 0.6 is 0 Å². The first kappa shape index (κ1) is 24.2. The maximum atomic E-state index is 13.3. The number of nitrogens with one attached hydrogen (secondary N) is 3. The molecule has 2 heterocycles. The molecule has 35 heavy (non-hydrogen) atoms. The Morgan fingerprint density at radius 1 is 1.06 bits per heavy atom. The Bertz CT molecular complexity index is 1160. The van der Waals surface area contributed by atoms with E-state index >= 15 is 0 Å². The Kier molecular flexibility index (Phi) is 7.28. The summed E-state index contributed by atoms with van der Waals surface area (Å²) < 4.78 is 0. The Morgan fingerprint density at radius 2 is 1.83 bits per heavy atom. The minimum Gasteiger partial charge on any atom is -0.370 e. The number of carbonyl (C=O) groups excluding carboxylic acids is 5. The van der Waals surface area contributed by atoms with Gasteiger partial charge in [-0.15, -0.1) is 0 Å². The first-order valence-corrected chi connectivity index (χ1v) is 11.8. The van der Waals surface area contributed by atoms with Crippen molar-refractivity contribution in [1.82, 2.24) is 20.9 Å². The summed E-state index contributed by atoms with van der Waals surface area (Å²) >= 11 is 0. The van der Waals surface area contributed by atoms with Crippen LogP contribution in [0.25, 0.3) is 10.8 Å². The third-order valence-corrected chi connectivity index (χ3v) is 6.50. The molecule has 0 aromatic heterocycles. The van der Waals surface area contributed by atoms with E-state index in [4.69, 9.17) is 5.73 Å². The molecule has 0 saturated carbocycles. The van der Waals surface area contributed by atoms with Crippen molar-refractivity contribution in [3.05, 3.63) is 48.0 Å². The fourth-order valence-electron chi connectivity index (χ4n) is 4.73. The van der Waals surface area contributed by atoms with Gasteiger partial charge in [0.15, 0.2) is 0 Å². The van der Waals surface area contributed by atoms with Crippen molar-refractivity contribution < 1.29 is 24.0 Å². The molecule has 5 N–H and O–H groups in total. The molecule has 2 aliphatic rings. The van der Waals surface area contributed by atoms with Gasteiger partial charge in [-0.25, -0.2) is 0 Å². The summed E-state index contributed by atoms with van der Waals surface area (Å²) in [6, 6.07) is 11.1. The van der Waals surface area contributed by atoms with Gasteiger partial charge in [-0.2, -0.15) is 0 Å². The van der Waals surface area contributed by atoms with E-state index in [1.807, 2.05) is 42.5 Å². The van der Waals surface area contributed by atoms with Crippen molar-refractivity contribution >= 4 is 40.3 Å². The van der Waals surface area contributed by atoms with Crippen LogP contribution in [-0.2, 0) is 30.5 Å². The molecule has 3 atom stereocenters. The van der Waals surface area contributed by atoms with Gasteiger partial charge in [0, 0.05) is 19.5 Å². The largest absolute Gasteiger partial charge is 0.370 e. The maximum Gasteiger partial charge on any atom is 0.246 e. The van der Waals surface area contributed by atoms with Crippen LogP contribution in [0.15, 0.2) is 42.5 Å². The predicted molar refractivity (Wildman–Crippen MR) is 127 cm³/mol. The van der Waals surface area contributed by atoms with Gasteiger partial charge in [0.1, 0.15) is 18.1 Å². The summed E-state index contributed by atoms with van der Waals surface area (Å²) in [6.07, 6.45) is 1.23. The first-order valence-electron chi connectivity index (χ1n) is 11.8. The molecule has 10 heteroatoms. The molecule has 2 fully saturated rings. The fourth-order valence-corrected chi connectivity index (χ4v) is 4.73. The number of benzene rings is 2. The van der Waals surface area contributed by atoms with E-state index in [-0.39, 0.29) is 18.2 Å². The van der Waals surface area contributed by atoms with E-state index in [1.165, 1.54) is 4.90 Å². The van der Waals surface area contributed by atoms with Crippen molar-refractivity contribution in [2.75, 3.05) is 6.54 Å². The number of hydrogen-bond acceptors (Lipinski definition) is 5. The molecule has 0 aliphatic carbocycles. The van der Waals surface area contributed by atoms with E-state index < -0.39 is 42.3 Å². The Hall–Kier alpha value is -3.95. The smallest absolute Gasteiger partial charge is 0.246 e. The lowest BCUT2D eigenvalue weighted by molar-refractivity contribution is -0.142. The van der Waals surface area contributed by atoms with Gasteiger partial charge in [0.2, 0.25) is 29.5 Å². The fraction of sp³-hybridized carbons (Fsp3) is 0.400. The van der Waals surface area contributed by atoms with Crippen molar-refractivity contribution in [2.24, 2.45) is 5.73 Å². The number of carbonyl (C=O) groups is 5. The van der Waals surface area contributed by atoms with E-state index in [0.717, 1.165) is 16.3 Å². The van der Waals surface area contributed by atoms with E-state index in [1.54, 1.807) is 0 Å². The number of likely N-dealkylation sites (tertiary alicyclic amines) is 1. The number of primary amides is 1. The summed E-state index contributed by atoms with van der Waals surface area (Å²) in [5.74, 6) is -2.38. The Morgan fingerprint density at radius 3 is 2.57 bits per heavy atom. The number of nitrogens with two attached hydrogens (primary N) is 1. The second-order valence-corrected chi connectivity index (χ2v) is 8.94. The van der Waals surface area contributed by atoms with E-state index in [2.05, 4.69) is 16.0 Å². The normalized spacial score (nSPS) is 20.3. The van der Waals surface area contributed by atoms with Crippen LogP contribution in [-0.4, -0.2) is 59.1 Å². The van der Waals surface area contributed by atoms with Gasteiger partial charge in [0.25, 0.3) is 0 Å². The van der Waals surface area contributed by atoms with Gasteiger partial charge in [-0.05, 0) is 35.6 Å². The summed E-state index contributed by atoms with van der Waals surface area (Å²) in [6.45, 7) is 0.637. The second kappa shape index (κ2) is 10.5. The quantitative estimate of drug-likeness (QED) is 0.423. The summed E-state index contributed by atoms with van der Waals surface area (Å²) in [5, 5.41) is 10.1. The molecule has 3 unspecified atom stereocenters. The molecule has 2 saturated heterocycles. The highest BCUT2D eigenvalue weighted by atomic mass is 16.2. The molecule has 0 spiro atoms. The third kappa shape index (κ3) is 5.59. The lowest BCUT2D eigenvalue weighted by atomic mass is 10.0. The van der Waals surface area contributed by atoms with Crippen molar-refractivity contribution in [1.29, 1.82) is 0 Å². The molecule has 184 valence electrons. The molecule has 2 aromatic carbocycles. The van der Waals surface area contributed by atoms with Crippen LogP contribution in [0.2, 0.25) is 0 Å². The highest BCUT2D eigenvalue weighted by Crippen LogP contribution is 2.21. The lowest BCUT2D eigenvalue weighted by Crippen LogP contribution is -2.56. The zero-order chi connectivity index (χ0) is 24.9. The van der Waals surface area contributed by atoms with Gasteiger partial charge < -0.3 is 26.6 Å². The van der Waals surface area contributed by atoms with Crippen LogP contribution in [0.3, 0.4) is 0 Å². The van der Waals surface area contributed by atoms with E-state index in [9.17, 15) is 24.0 Å². The molecule has 0 bridgehead atoms. The average molecular weight is 480 g/mol. The third-order valence-electron chi connectivity index (χ3n) is 6.50. The van der Waals surface area contributed by atoms with Crippen LogP contribution in [0.1, 0.15) is 37.7 Å². The second-order valence-electron chi connectivity index (χ2n) is 8.94. The van der Waals surface area contributed by atoms with Crippen molar-refractivity contribution in [2.45, 2.75) is 56.8 Å². The van der Waals surface area contributed by atoms with Gasteiger partial charge >= 0.3 is 0 Å². The average Bonchev–Trinajstić information content (AvgIpc) is 3.51. The monoisotopic (exact) mass is 479 g/mol. The first-order chi connectivity index (χ1) is 16.8. The SMILES string of the molecule is NC(=O)CC(NC(=O)C1CCC(=O)N1)C(=O)N1CCCC1C(=O)NCc1cccc2ccccc12. The molecular weight excluding hydrogens is 450 g/mol. The molecule has 10 nitrogen and oxygen atoms in total. The van der Waals surface area contributed by atoms with Crippen LogP contribution in [0, 0.1) is 0 Å². The minimum absolute atomic E-state index is 0.220. The Labute approximate surface area is 202 Å². The van der Waals surface area contributed by atoms with Gasteiger partial charge in [0.05, 0.1) is 6.42 Å². The van der Waals surface area contributed by atoms with Gasteiger partial charge in [-0.1, -0.05) is 42.5 Å².